The van der Waals surface area contributed by atoms with Crippen LogP contribution in [0.15, 0.2) is 29.3 Å². The van der Waals surface area contributed by atoms with Crippen LogP contribution in [0.3, 0.4) is 0 Å². The highest BCUT2D eigenvalue weighted by Crippen LogP contribution is 2.37. The maximum Gasteiger partial charge on any atom is 0.433 e. The van der Waals surface area contributed by atoms with Gasteiger partial charge < -0.3 is 10.5 Å². The van der Waals surface area contributed by atoms with Gasteiger partial charge in [-0.3, -0.25) is 0 Å². The number of halogens is 3. The zero-order valence-corrected chi connectivity index (χ0v) is 15.2. The smallest absolute Gasteiger partial charge is 0.433 e. The number of hydrogen-bond acceptors (Lipinski definition) is 3. The van der Waals surface area contributed by atoms with Crippen molar-refractivity contribution in [3.05, 3.63) is 35.4 Å². The van der Waals surface area contributed by atoms with Gasteiger partial charge in [-0.25, -0.2) is 4.79 Å². The van der Waals surface area contributed by atoms with Crippen LogP contribution < -0.4 is 5.73 Å². The standard InChI is InChI=1S/C19H25F3N2O2/c1-18(2,3)26-17(25)24-11-14-8-7-13(10-16(14)23)12-5-4-6-15(9-12)19(20,21)22/h4-6,9,11,13-14,16H,7-8,10,23H2,1-3H3/b24-11+/t13-,14?,16-/m0/s1. The molecule has 0 heterocycles. The van der Waals surface area contributed by atoms with E-state index in [0.717, 1.165) is 6.07 Å². The van der Waals surface area contributed by atoms with Crippen LogP contribution in [0.5, 0.6) is 0 Å². The minimum Gasteiger partial charge on any atom is -0.442 e. The van der Waals surface area contributed by atoms with E-state index in [-0.39, 0.29) is 17.9 Å². The Hall–Kier alpha value is -1.89. The molecule has 4 nitrogen and oxygen atoms in total. The number of alkyl halides is 3. The lowest BCUT2D eigenvalue weighted by molar-refractivity contribution is -0.137. The molecule has 1 aromatic carbocycles. The fourth-order valence-electron chi connectivity index (χ4n) is 3.13. The van der Waals surface area contributed by atoms with E-state index >= 15 is 0 Å². The molecule has 1 fully saturated rings. The van der Waals surface area contributed by atoms with Crippen molar-refractivity contribution in [2.24, 2.45) is 16.6 Å². The second kappa shape index (κ2) is 7.78. The molecule has 3 atom stereocenters. The van der Waals surface area contributed by atoms with Crippen molar-refractivity contribution in [2.75, 3.05) is 0 Å². The molecule has 1 aliphatic carbocycles. The molecule has 0 radical (unpaired) electrons. The van der Waals surface area contributed by atoms with Gasteiger partial charge >= 0.3 is 12.3 Å². The number of aliphatic imine (C=N–C) groups is 1. The molecule has 2 rings (SSSR count). The van der Waals surface area contributed by atoms with Crippen molar-refractivity contribution in [2.45, 2.75) is 63.8 Å². The van der Waals surface area contributed by atoms with Crippen molar-refractivity contribution < 1.29 is 22.7 Å². The van der Waals surface area contributed by atoms with E-state index in [2.05, 4.69) is 4.99 Å². The van der Waals surface area contributed by atoms with Crippen molar-refractivity contribution in [3.8, 4) is 0 Å². The first-order valence-electron chi connectivity index (χ1n) is 8.65. The second-order valence-electron chi connectivity index (χ2n) is 7.72. The zero-order chi connectivity index (χ0) is 19.5. The van der Waals surface area contributed by atoms with Gasteiger partial charge in [-0.1, -0.05) is 18.2 Å². The third-order valence-electron chi connectivity index (χ3n) is 4.41. The largest absolute Gasteiger partial charge is 0.442 e. The number of carbonyl (C=O) groups is 1. The predicted molar refractivity (Wildman–Crippen MR) is 94.2 cm³/mol. The number of amides is 1. The van der Waals surface area contributed by atoms with Crippen LogP contribution in [0.2, 0.25) is 0 Å². The molecule has 0 aromatic heterocycles. The molecule has 1 aromatic rings. The normalized spacial score (nSPS) is 24.7. The topological polar surface area (TPSA) is 64.7 Å². The average Bonchev–Trinajstić information content (AvgIpc) is 2.51. The Morgan fingerprint density at radius 1 is 1.27 bits per heavy atom. The Kier molecular flexibility index (Phi) is 6.11. The van der Waals surface area contributed by atoms with Crippen LogP contribution >= 0.6 is 0 Å². The van der Waals surface area contributed by atoms with Gasteiger partial charge in [-0.05, 0) is 57.6 Å². The molecule has 2 N–H and O–H groups in total. The summed E-state index contributed by atoms with van der Waals surface area (Å²) < 4.78 is 43.8. The minimum absolute atomic E-state index is 0.0292. The van der Waals surface area contributed by atoms with Gasteiger partial charge in [-0.2, -0.15) is 18.2 Å². The summed E-state index contributed by atoms with van der Waals surface area (Å²) in [5.74, 6) is -0.122. The average molecular weight is 370 g/mol. The summed E-state index contributed by atoms with van der Waals surface area (Å²) in [4.78, 5) is 15.5. The van der Waals surface area contributed by atoms with Gasteiger partial charge in [-0.15, -0.1) is 0 Å². The molecular weight excluding hydrogens is 345 g/mol. The van der Waals surface area contributed by atoms with Crippen LogP contribution in [0, 0.1) is 5.92 Å². The summed E-state index contributed by atoms with van der Waals surface area (Å²) in [5.41, 5.74) is 5.57. The molecule has 1 amide bonds. The quantitative estimate of drug-likeness (QED) is 0.751. The highest BCUT2D eigenvalue weighted by molar-refractivity contribution is 5.80. The molecule has 0 spiro atoms. The van der Waals surface area contributed by atoms with E-state index < -0.39 is 23.4 Å². The molecule has 0 aliphatic heterocycles. The number of ether oxygens (including phenoxy) is 1. The first-order chi connectivity index (χ1) is 12.0. The summed E-state index contributed by atoms with van der Waals surface area (Å²) in [7, 11) is 0. The molecular formula is C19H25F3N2O2. The Balaban J connectivity index is 1.99. The van der Waals surface area contributed by atoms with Crippen molar-refractivity contribution in [3.63, 3.8) is 0 Å². The summed E-state index contributed by atoms with van der Waals surface area (Å²) >= 11 is 0. The molecule has 0 saturated heterocycles. The molecule has 144 valence electrons. The van der Waals surface area contributed by atoms with E-state index in [4.69, 9.17) is 10.5 Å². The van der Waals surface area contributed by atoms with Crippen molar-refractivity contribution >= 4 is 12.3 Å². The van der Waals surface area contributed by atoms with Crippen molar-refractivity contribution in [1.82, 2.24) is 0 Å². The number of rotatable bonds is 2. The molecule has 1 saturated carbocycles. The van der Waals surface area contributed by atoms with E-state index in [1.54, 1.807) is 26.8 Å². The lowest BCUT2D eigenvalue weighted by atomic mass is 9.76. The Morgan fingerprint density at radius 3 is 2.54 bits per heavy atom. The molecule has 0 bridgehead atoms. The van der Waals surface area contributed by atoms with Crippen LogP contribution in [0.1, 0.15) is 57.1 Å². The van der Waals surface area contributed by atoms with E-state index in [1.807, 2.05) is 0 Å². The van der Waals surface area contributed by atoms with Gasteiger partial charge in [0.25, 0.3) is 0 Å². The van der Waals surface area contributed by atoms with Gasteiger partial charge in [0.05, 0.1) is 5.56 Å². The third-order valence-corrected chi connectivity index (χ3v) is 4.41. The number of carbonyl (C=O) groups excluding carboxylic acids is 1. The first-order valence-corrected chi connectivity index (χ1v) is 8.65. The molecule has 7 heteroatoms. The van der Waals surface area contributed by atoms with Crippen LogP contribution in [0.25, 0.3) is 0 Å². The highest BCUT2D eigenvalue weighted by Gasteiger charge is 2.33. The predicted octanol–water partition coefficient (Wildman–Crippen LogP) is 4.92. The van der Waals surface area contributed by atoms with E-state index in [9.17, 15) is 18.0 Å². The van der Waals surface area contributed by atoms with E-state index in [1.165, 1.54) is 18.3 Å². The summed E-state index contributed by atoms with van der Waals surface area (Å²) in [6.45, 7) is 5.27. The lowest BCUT2D eigenvalue weighted by Gasteiger charge is -2.32. The fraction of sp³-hybridized carbons (Fsp3) is 0.579. The first kappa shape index (κ1) is 20.4. The van der Waals surface area contributed by atoms with Crippen LogP contribution in [-0.4, -0.2) is 24.0 Å². The lowest BCUT2D eigenvalue weighted by Crippen LogP contribution is -2.37. The second-order valence-corrected chi connectivity index (χ2v) is 7.72. The fourth-order valence-corrected chi connectivity index (χ4v) is 3.13. The van der Waals surface area contributed by atoms with Crippen LogP contribution in [-0.2, 0) is 10.9 Å². The molecule has 1 aliphatic rings. The van der Waals surface area contributed by atoms with Gasteiger partial charge in [0.1, 0.15) is 5.60 Å². The van der Waals surface area contributed by atoms with Gasteiger partial charge in [0.15, 0.2) is 0 Å². The molecule has 26 heavy (non-hydrogen) atoms. The number of hydrogen-bond donors (Lipinski definition) is 1. The zero-order valence-electron chi connectivity index (χ0n) is 15.2. The Morgan fingerprint density at radius 2 is 1.96 bits per heavy atom. The number of nitrogens with two attached hydrogens (primary N) is 1. The maximum atomic E-state index is 12.9. The third kappa shape index (κ3) is 5.83. The van der Waals surface area contributed by atoms with Crippen molar-refractivity contribution in [1.29, 1.82) is 0 Å². The number of benzene rings is 1. The van der Waals surface area contributed by atoms with Gasteiger partial charge in [0, 0.05) is 18.2 Å². The maximum absolute atomic E-state index is 12.9. The minimum atomic E-state index is -4.35. The molecule has 1 unspecified atom stereocenters. The van der Waals surface area contributed by atoms with Crippen LogP contribution in [0.4, 0.5) is 18.0 Å². The number of nitrogens with zero attached hydrogens (tertiary/aromatic N) is 1. The highest BCUT2D eigenvalue weighted by atomic mass is 19.4. The van der Waals surface area contributed by atoms with E-state index in [0.29, 0.717) is 24.8 Å². The summed E-state index contributed by atoms with van der Waals surface area (Å²) in [6.07, 6.45) is -1.60. The Labute approximate surface area is 151 Å². The SMILES string of the molecule is CC(C)(C)OC(=O)/N=C/C1CC[C@H](c2cccc(C(F)(F)F)c2)C[C@@H]1N. The summed E-state index contributed by atoms with van der Waals surface area (Å²) in [5, 5.41) is 0. The monoisotopic (exact) mass is 370 g/mol. The van der Waals surface area contributed by atoms with Gasteiger partial charge in [0.2, 0.25) is 0 Å². The Bertz CT molecular complexity index is 665. The summed E-state index contributed by atoms with van der Waals surface area (Å²) in [6, 6.07) is 5.14.